The number of halogens is 1. The van der Waals surface area contributed by atoms with Crippen molar-refractivity contribution < 1.29 is 14.4 Å². The number of hydrogen-bond acceptors (Lipinski definition) is 7. The predicted molar refractivity (Wildman–Crippen MR) is 120 cm³/mol. The highest BCUT2D eigenvalue weighted by Crippen LogP contribution is 2.37. The average Bonchev–Trinajstić information content (AvgIpc) is 2.73. The lowest BCUT2D eigenvalue weighted by Gasteiger charge is -2.11. The van der Waals surface area contributed by atoms with Gasteiger partial charge in [0, 0.05) is 10.7 Å². The van der Waals surface area contributed by atoms with Gasteiger partial charge in [0.1, 0.15) is 17.8 Å². The smallest absolute Gasteiger partial charge is 0.373 e. The Kier molecular flexibility index (Phi) is 7.25. The van der Waals surface area contributed by atoms with Crippen molar-refractivity contribution in [2.75, 3.05) is 11.9 Å². The summed E-state index contributed by atoms with van der Waals surface area (Å²) in [5.41, 5.74) is 1.85. The number of nitrogens with one attached hydrogen (secondary N) is 1. The van der Waals surface area contributed by atoms with Crippen molar-refractivity contribution in [3.05, 3.63) is 69.0 Å². The van der Waals surface area contributed by atoms with Gasteiger partial charge in [0.25, 0.3) is 0 Å². The van der Waals surface area contributed by atoms with Crippen LogP contribution in [0.1, 0.15) is 30.9 Å². The molecule has 0 aliphatic rings. The van der Waals surface area contributed by atoms with Gasteiger partial charge in [-0.2, -0.15) is 4.98 Å². The van der Waals surface area contributed by atoms with Crippen molar-refractivity contribution in [3.63, 3.8) is 0 Å². The third-order valence-corrected chi connectivity index (χ3v) is 5.08. The van der Waals surface area contributed by atoms with Crippen molar-refractivity contribution in [1.29, 1.82) is 0 Å². The number of rotatable bonds is 9. The van der Waals surface area contributed by atoms with E-state index in [1.807, 2.05) is 13.8 Å². The van der Waals surface area contributed by atoms with Crippen LogP contribution in [0.15, 0.2) is 42.7 Å². The number of hydrogen-bond donors (Lipinski definition) is 1. The summed E-state index contributed by atoms with van der Waals surface area (Å²) in [6.45, 7) is 6.40. The van der Waals surface area contributed by atoms with E-state index in [-0.39, 0.29) is 17.4 Å². The molecule has 9 heteroatoms. The fraction of sp³-hybridized carbons (Fsp3) is 0.273. The number of benzene rings is 2. The second kappa shape index (κ2) is 10.1. The zero-order valence-electron chi connectivity index (χ0n) is 17.5. The third-order valence-electron chi connectivity index (χ3n) is 4.48. The molecule has 1 N–H and O–H groups in total. The number of aromatic nitrogens is 2. The number of ether oxygens (including phenoxy) is 2. The van der Waals surface area contributed by atoms with Crippen molar-refractivity contribution in [2.24, 2.45) is 0 Å². The number of aryl methyl sites for hydroxylation is 2. The number of unbranched alkanes of at least 4 members (excludes halogenated alkanes) is 1. The molecule has 162 valence electrons. The molecule has 1 aromatic heterocycles. The summed E-state index contributed by atoms with van der Waals surface area (Å²) < 4.78 is 11.4. The molecule has 0 aliphatic carbocycles. The average molecular weight is 443 g/mol. The molecule has 3 aromatic rings. The summed E-state index contributed by atoms with van der Waals surface area (Å²) in [5.74, 6) is 0.995. The van der Waals surface area contributed by atoms with Gasteiger partial charge in [0.05, 0.1) is 11.5 Å². The van der Waals surface area contributed by atoms with E-state index in [2.05, 4.69) is 22.2 Å². The molecule has 0 saturated heterocycles. The van der Waals surface area contributed by atoms with Crippen LogP contribution in [0.2, 0.25) is 5.02 Å². The molecule has 8 nitrogen and oxygen atoms in total. The maximum Gasteiger partial charge on any atom is 0.373 e. The van der Waals surface area contributed by atoms with Crippen LogP contribution in [0.4, 0.5) is 17.2 Å². The first-order valence-electron chi connectivity index (χ1n) is 9.83. The summed E-state index contributed by atoms with van der Waals surface area (Å²) in [4.78, 5) is 19.2. The van der Waals surface area contributed by atoms with Gasteiger partial charge in [0.15, 0.2) is 0 Å². The summed E-state index contributed by atoms with van der Waals surface area (Å²) >= 11 is 6.19. The number of nitrogens with zero attached hydrogens (tertiary/aromatic N) is 3. The third kappa shape index (κ3) is 5.61. The van der Waals surface area contributed by atoms with Crippen LogP contribution in [-0.4, -0.2) is 21.5 Å². The van der Waals surface area contributed by atoms with Crippen LogP contribution >= 0.6 is 11.6 Å². The fourth-order valence-electron chi connectivity index (χ4n) is 2.88. The molecule has 0 aliphatic heterocycles. The second-order valence-corrected chi connectivity index (χ2v) is 7.34. The standard InChI is InChI=1S/C22H23ClN4O4/c1-4-5-10-30-17-8-6-16(7-9-17)26-21-20(27(28)29)22(25-13-24-21)31-18-11-14(2)19(23)15(3)12-18/h6-9,11-13H,4-5,10H2,1-3H3,(H,24,25,26). The Morgan fingerprint density at radius 1 is 1.10 bits per heavy atom. The van der Waals surface area contributed by atoms with E-state index in [9.17, 15) is 10.1 Å². The van der Waals surface area contributed by atoms with E-state index in [1.165, 1.54) is 6.33 Å². The highest BCUT2D eigenvalue weighted by Gasteiger charge is 2.25. The van der Waals surface area contributed by atoms with Crippen molar-refractivity contribution >= 4 is 28.8 Å². The normalized spacial score (nSPS) is 10.6. The van der Waals surface area contributed by atoms with Crippen molar-refractivity contribution in [1.82, 2.24) is 9.97 Å². The van der Waals surface area contributed by atoms with Gasteiger partial charge in [0.2, 0.25) is 5.82 Å². The van der Waals surface area contributed by atoms with Crippen LogP contribution in [-0.2, 0) is 0 Å². The molecule has 31 heavy (non-hydrogen) atoms. The molecule has 0 radical (unpaired) electrons. The molecule has 0 fully saturated rings. The number of anilines is 2. The summed E-state index contributed by atoms with van der Waals surface area (Å²) in [7, 11) is 0. The number of nitro groups is 1. The molecule has 0 atom stereocenters. The van der Waals surface area contributed by atoms with Gasteiger partial charge in [-0.05, 0) is 67.8 Å². The van der Waals surface area contributed by atoms with E-state index in [4.69, 9.17) is 21.1 Å². The largest absolute Gasteiger partial charge is 0.494 e. The highest BCUT2D eigenvalue weighted by atomic mass is 35.5. The molecular weight excluding hydrogens is 420 g/mol. The van der Waals surface area contributed by atoms with E-state index in [0.717, 1.165) is 29.7 Å². The van der Waals surface area contributed by atoms with Gasteiger partial charge in [-0.15, -0.1) is 0 Å². The Hall–Kier alpha value is -3.39. The first-order valence-corrected chi connectivity index (χ1v) is 10.2. The van der Waals surface area contributed by atoms with Gasteiger partial charge in [-0.1, -0.05) is 24.9 Å². The lowest BCUT2D eigenvalue weighted by atomic mass is 10.1. The minimum absolute atomic E-state index is 0.0251. The molecular formula is C22H23ClN4O4. The van der Waals surface area contributed by atoms with Crippen LogP contribution in [0, 0.1) is 24.0 Å². The van der Waals surface area contributed by atoms with Crippen LogP contribution in [0.5, 0.6) is 17.4 Å². The Balaban J connectivity index is 1.84. The molecule has 1 heterocycles. The molecule has 0 spiro atoms. The Bertz CT molecular complexity index is 1050. The van der Waals surface area contributed by atoms with Crippen molar-refractivity contribution in [2.45, 2.75) is 33.6 Å². The quantitative estimate of drug-likeness (QED) is 0.233. The summed E-state index contributed by atoms with van der Waals surface area (Å²) in [6.07, 6.45) is 3.24. The lowest BCUT2D eigenvalue weighted by Crippen LogP contribution is -2.04. The first kappa shape index (κ1) is 22.3. The van der Waals surface area contributed by atoms with Crippen LogP contribution < -0.4 is 14.8 Å². The molecule has 3 rings (SSSR count). The summed E-state index contributed by atoms with van der Waals surface area (Å²) in [6, 6.07) is 10.5. The van der Waals surface area contributed by atoms with Crippen LogP contribution in [0.25, 0.3) is 0 Å². The minimum atomic E-state index is -0.574. The van der Waals surface area contributed by atoms with E-state index in [0.29, 0.717) is 23.1 Å². The maximum atomic E-state index is 11.8. The van der Waals surface area contributed by atoms with Gasteiger partial charge >= 0.3 is 11.6 Å². The SMILES string of the molecule is CCCCOc1ccc(Nc2ncnc(Oc3cc(C)c(Cl)c(C)c3)c2[N+](=O)[O-])cc1. The fourth-order valence-corrected chi connectivity index (χ4v) is 2.98. The minimum Gasteiger partial charge on any atom is -0.494 e. The Morgan fingerprint density at radius 3 is 2.39 bits per heavy atom. The van der Waals surface area contributed by atoms with Gasteiger partial charge in [-0.3, -0.25) is 10.1 Å². The van der Waals surface area contributed by atoms with Crippen LogP contribution in [0.3, 0.4) is 0 Å². The second-order valence-electron chi connectivity index (χ2n) is 6.96. The maximum absolute atomic E-state index is 11.8. The Morgan fingerprint density at radius 2 is 1.77 bits per heavy atom. The summed E-state index contributed by atoms with van der Waals surface area (Å²) in [5, 5.41) is 15.4. The highest BCUT2D eigenvalue weighted by molar-refractivity contribution is 6.32. The zero-order chi connectivity index (χ0) is 22.4. The predicted octanol–water partition coefficient (Wildman–Crippen LogP) is 6.37. The zero-order valence-corrected chi connectivity index (χ0v) is 18.3. The van der Waals surface area contributed by atoms with Gasteiger partial charge in [-0.25, -0.2) is 4.98 Å². The lowest BCUT2D eigenvalue weighted by molar-refractivity contribution is -0.385. The molecule has 0 saturated carbocycles. The first-order chi connectivity index (χ1) is 14.9. The topological polar surface area (TPSA) is 99.4 Å². The van der Waals surface area contributed by atoms with E-state index < -0.39 is 4.92 Å². The van der Waals surface area contributed by atoms with Crippen molar-refractivity contribution in [3.8, 4) is 17.4 Å². The van der Waals surface area contributed by atoms with Gasteiger partial charge < -0.3 is 14.8 Å². The molecule has 0 bridgehead atoms. The Labute approximate surface area is 185 Å². The molecule has 0 unspecified atom stereocenters. The monoisotopic (exact) mass is 442 g/mol. The molecule has 2 aromatic carbocycles. The van der Waals surface area contributed by atoms with E-state index in [1.54, 1.807) is 36.4 Å². The van der Waals surface area contributed by atoms with E-state index >= 15 is 0 Å². The molecule has 0 amide bonds.